The van der Waals surface area contributed by atoms with Gasteiger partial charge in [0.2, 0.25) is 17.9 Å². The van der Waals surface area contributed by atoms with Crippen LogP contribution in [-0.4, -0.2) is 28.7 Å². The molecule has 3 aromatic carbocycles. The third kappa shape index (κ3) is 4.73. The molecule has 4 rings (SSSR count). The van der Waals surface area contributed by atoms with E-state index in [0.717, 1.165) is 5.56 Å². The molecule has 0 aliphatic rings. The highest BCUT2D eigenvalue weighted by atomic mass is 16.6. The van der Waals surface area contributed by atoms with E-state index < -0.39 is 18.0 Å². The second-order valence-corrected chi connectivity index (χ2v) is 6.81. The van der Waals surface area contributed by atoms with E-state index in [1.807, 2.05) is 36.4 Å². The lowest BCUT2D eigenvalue weighted by molar-refractivity contribution is -0.153. The third-order valence-electron chi connectivity index (χ3n) is 4.62. The Morgan fingerprint density at radius 2 is 1.47 bits per heavy atom. The summed E-state index contributed by atoms with van der Waals surface area (Å²) in [6.45, 7) is 1.87. The highest BCUT2D eigenvalue weighted by Crippen LogP contribution is 2.26. The average Bonchev–Trinajstić information content (AvgIpc) is 3.34. The van der Waals surface area contributed by atoms with Crippen LogP contribution in [0.5, 0.6) is 0 Å². The second kappa shape index (κ2) is 9.70. The van der Waals surface area contributed by atoms with Crippen molar-refractivity contribution in [3.63, 3.8) is 0 Å². The number of carbonyl (C=O) groups is 2. The monoisotopic (exact) mass is 428 g/mol. The van der Waals surface area contributed by atoms with Gasteiger partial charge in [-0.1, -0.05) is 54.6 Å². The van der Waals surface area contributed by atoms with Gasteiger partial charge in [-0.3, -0.25) is 0 Å². The largest absolute Gasteiger partial charge is 0.463 e. The molecule has 7 heteroatoms. The first-order chi connectivity index (χ1) is 15.7. The number of nitrogens with zero attached hydrogens (tertiary/aromatic N) is 2. The number of hydrogen-bond acceptors (Lipinski definition) is 7. The van der Waals surface area contributed by atoms with Crippen LogP contribution in [0.4, 0.5) is 0 Å². The zero-order valence-corrected chi connectivity index (χ0v) is 17.3. The second-order valence-electron chi connectivity index (χ2n) is 6.81. The van der Waals surface area contributed by atoms with Gasteiger partial charge in [0.05, 0.1) is 12.2 Å². The van der Waals surface area contributed by atoms with Gasteiger partial charge in [-0.2, -0.15) is 0 Å². The SMILES string of the molecule is CCOC(=O)[C@@H](OC(=O)c1cccc(-c2nnc(-c3ccccc3)o2)c1)c1ccccc1. The maximum absolute atomic E-state index is 12.9. The predicted octanol–water partition coefficient (Wildman–Crippen LogP) is 4.86. The van der Waals surface area contributed by atoms with Crippen LogP contribution in [0.3, 0.4) is 0 Å². The van der Waals surface area contributed by atoms with E-state index in [0.29, 0.717) is 17.0 Å². The van der Waals surface area contributed by atoms with Crippen molar-refractivity contribution in [2.45, 2.75) is 13.0 Å². The Labute approximate surface area is 184 Å². The van der Waals surface area contributed by atoms with E-state index in [4.69, 9.17) is 13.9 Å². The zero-order chi connectivity index (χ0) is 22.3. The Balaban J connectivity index is 1.57. The molecule has 1 aromatic heterocycles. The van der Waals surface area contributed by atoms with Crippen LogP contribution in [0.15, 0.2) is 89.3 Å². The van der Waals surface area contributed by atoms with Crippen molar-refractivity contribution < 1.29 is 23.5 Å². The first kappa shape index (κ1) is 21.0. The molecule has 4 aromatic rings. The van der Waals surface area contributed by atoms with Crippen molar-refractivity contribution >= 4 is 11.9 Å². The molecule has 0 amide bonds. The van der Waals surface area contributed by atoms with Crippen LogP contribution in [0.2, 0.25) is 0 Å². The number of aromatic nitrogens is 2. The summed E-state index contributed by atoms with van der Waals surface area (Å²) in [5.74, 6) is -0.660. The summed E-state index contributed by atoms with van der Waals surface area (Å²) in [5, 5.41) is 8.16. The van der Waals surface area contributed by atoms with Crippen molar-refractivity contribution in [3.8, 4) is 22.9 Å². The Morgan fingerprint density at radius 1 is 0.844 bits per heavy atom. The Bertz CT molecular complexity index is 1210. The smallest absolute Gasteiger partial charge is 0.352 e. The molecule has 0 bridgehead atoms. The predicted molar refractivity (Wildman–Crippen MR) is 116 cm³/mol. The molecular formula is C25H20N2O5. The van der Waals surface area contributed by atoms with Gasteiger partial charge in [0, 0.05) is 16.7 Å². The lowest BCUT2D eigenvalue weighted by Crippen LogP contribution is -2.22. The van der Waals surface area contributed by atoms with Crippen molar-refractivity contribution in [2.24, 2.45) is 0 Å². The van der Waals surface area contributed by atoms with E-state index in [-0.39, 0.29) is 18.1 Å². The number of ether oxygens (including phenoxy) is 2. The number of benzene rings is 3. The van der Waals surface area contributed by atoms with E-state index in [9.17, 15) is 9.59 Å². The molecular weight excluding hydrogens is 408 g/mol. The van der Waals surface area contributed by atoms with Crippen LogP contribution < -0.4 is 0 Å². The van der Waals surface area contributed by atoms with Crippen LogP contribution in [0.1, 0.15) is 28.9 Å². The lowest BCUT2D eigenvalue weighted by Gasteiger charge is -2.17. The summed E-state index contributed by atoms with van der Waals surface area (Å²) in [7, 11) is 0. The molecule has 0 fully saturated rings. The molecule has 0 saturated heterocycles. The highest BCUT2D eigenvalue weighted by molar-refractivity contribution is 5.92. The number of esters is 2. The van der Waals surface area contributed by atoms with Gasteiger partial charge in [0.1, 0.15) is 0 Å². The van der Waals surface area contributed by atoms with Crippen LogP contribution in [0, 0.1) is 0 Å². The van der Waals surface area contributed by atoms with Crippen molar-refractivity contribution in [3.05, 3.63) is 96.1 Å². The van der Waals surface area contributed by atoms with Gasteiger partial charge in [0.25, 0.3) is 0 Å². The topological polar surface area (TPSA) is 91.5 Å². The fourth-order valence-corrected chi connectivity index (χ4v) is 3.09. The first-order valence-corrected chi connectivity index (χ1v) is 10.1. The van der Waals surface area contributed by atoms with E-state index in [2.05, 4.69) is 10.2 Å². The maximum atomic E-state index is 12.9. The highest BCUT2D eigenvalue weighted by Gasteiger charge is 2.27. The standard InChI is InChI=1S/C25H20N2O5/c1-2-30-25(29)21(17-10-5-3-6-11-17)31-24(28)20-15-9-14-19(16-20)23-27-26-22(32-23)18-12-7-4-8-13-18/h3-16,21H,2H2,1H3/t21-/m0/s1. The Kier molecular flexibility index (Phi) is 6.36. The van der Waals surface area contributed by atoms with Gasteiger partial charge in [0.15, 0.2) is 0 Å². The minimum absolute atomic E-state index is 0.177. The minimum Gasteiger partial charge on any atom is -0.463 e. The summed E-state index contributed by atoms with van der Waals surface area (Å²) >= 11 is 0. The molecule has 1 heterocycles. The van der Waals surface area contributed by atoms with Gasteiger partial charge < -0.3 is 13.9 Å². The summed E-state index contributed by atoms with van der Waals surface area (Å²) in [6, 6.07) is 24.7. The molecule has 1 atom stereocenters. The molecule has 0 saturated carbocycles. The molecule has 0 aliphatic heterocycles. The van der Waals surface area contributed by atoms with E-state index >= 15 is 0 Å². The third-order valence-corrected chi connectivity index (χ3v) is 4.62. The Morgan fingerprint density at radius 3 is 2.16 bits per heavy atom. The van der Waals surface area contributed by atoms with Gasteiger partial charge in [-0.15, -0.1) is 10.2 Å². The number of hydrogen-bond donors (Lipinski definition) is 0. The number of carbonyl (C=O) groups excluding carboxylic acids is 2. The fraction of sp³-hybridized carbons (Fsp3) is 0.120. The molecule has 32 heavy (non-hydrogen) atoms. The minimum atomic E-state index is -1.17. The lowest BCUT2D eigenvalue weighted by atomic mass is 10.1. The zero-order valence-electron chi connectivity index (χ0n) is 17.3. The fourth-order valence-electron chi connectivity index (χ4n) is 3.09. The summed E-state index contributed by atoms with van der Waals surface area (Å²) in [5.41, 5.74) is 2.12. The Hall–Kier alpha value is -4.26. The maximum Gasteiger partial charge on any atom is 0.352 e. The molecule has 0 aliphatic carbocycles. The van der Waals surface area contributed by atoms with Crippen LogP contribution in [-0.2, 0) is 14.3 Å². The molecule has 0 unspecified atom stereocenters. The van der Waals surface area contributed by atoms with Crippen molar-refractivity contribution in [1.29, 1.82) is 0 Å². The van der Waals surface area contributed by atoms with Gasteiger partial charge >= 0.3 is 11.9 Å². The normalized spacial score (nSPS) is 11.5. The van der Waals surface area contributed by atoms with Crippen LogP contribution >= 0.6 is 0 Å². The van der Waals surface area contributed by atoms with E-state index in [1.54, 1.807) is 55.5 Å². The molecule has 0 radical (unpaired) electrons. The summed E-state index contributed by atoms with van der Waals surface area (Å²) < 4.78 is 16.4. The van der Waals surface area contributed by atoms with E-state index in [1.165, 1.54) is 0 Å². The molecule has 160 valence electrons. The molecule has 0 N–H and O–H groups in total. The van der Waals surface area contributed by atoms with Gasteiger partial charge in [-0.05, 0) is 37.3 Å². The quantitative estimate of drug-likeness (QED) is 0.388. The molecule has 0 spiro atoms. The summed E-state index contributed by atoms with van der Waals surface area (Å²) in [6.07, 6.45) is -1.17. The average molecular weight is 428 g/mol. The van der Waals surface area contributed by atoms with Crippen molar-refractivity contribution in [2.75, 3.05) is 6.61 Å². The van der Waals surface area contributed by atoms with Crippen LogP contribution in [0.25, 0.3) is 22.9 Å². The van der Waals surface area contributed by atoms with Crippen molar-refractivity contribution in [1.82, 2.24) is 10.2 Å². The summed E-state index contributed by atoms with van der Waals surface area (Å²) in [4.78, 5) is 25.3. The molecule has 7 nitrogen and oxygen atoms in total. The first-order valence-electron chi connectivity index (χ1n) is 10.1. The van der Waals surface area contributed by atoms with Gasteiger partial charge in [-0.25, -0.2) is 9.59 Å². The number of rotatable bonds is 7.